The maximum Gasteiger partial charge on any atom is 0.328 e. The van der Waals surface area contributed by atoms with E-state index in [1.807, 2.05) is 26.0 Å². The Bertz CT molecular complexity index is 687. The molecule has 0 amide bonds. The lowest BCUT2D eigenvalue weighted by molar-refractivity contribution is -0.131. The molecular weight excluding hydrogens is 290 g/mol. The predicted molar refractivity (Wildman–Crippen MR) is 81.9 cm³/mol. The second-order valence-corrected chi connectivity index (χ2v) is 5.03. The molecule has 0 spiro atoms. The molecule has 0 radical (unpaired) electrons. The quantitative estimate of drug-likeness (QED) is 0.858. The molecule has 0 saturated carbocycles. The number of nitrogens with zero attached hydrogens (tertiary/aromatic N) is 1. The minimum Gasteiger partial charge on any atom is -0.478 e. The van der Waals surface area contributed by atoms with Crippen LogP contribution in [0, 0.1) is 13.8 Å². The highest BCUT2D eigenvalue weighted by Gasteiger charge is 2.07. The summed E-state index contributed by atoms with van der Waals surface area (Å²) in [6, 6.07) is 5.37. The van der Waals surface area contributed by atoms with E-state index in [0.717, 1.165) is 23.0 Å². The molecule has 0 aliphatic rings. The first-order valence-corrected chi connectivity index (χ1v) is 6.64. The van der Waals surface area contributed by atoms with Gasteiger partial charge in [-0.15, -0.1) is 0 Å². The van der Waals surface area contributed by atoms with E-state index < -0.39 is 5.97 Å². The molecular formula is C16H14ClNO3. The molecule has 1 aromatic carbocycles. The molecule has 0 atom stereocenters. The minimum absolute atomic E-state index is 0.538. The molecule has 2 rings (SSSR count). The monoisotopic (exact) mass is 303 g/mol. The number of rotatable bonds is 4. The van der Waals surface area contributed by atoms with Crippen LogP contribution in [0.5, 0.6) is 11.5 Å². The maximum atomic E-state index is 10.5. The highest BCUT2D eigenvalue weighted by atomic mass is 35.5. The highest BCUT2D eigenvalue weighted by Crippen LogP contribution is 2.31. The Labute approximate surface area is 127 Å². The average molecular weight is 304 g/mol. The largest absolute Gasteiger partial charge is 0.478 e. The van der Waals surface area contributed by atoms with Crippen LogP contribution in [0.3, 0.4) is 0 Å². The van der Waals surface area contributed by atoms with Gasteiger partial charge in [-0.25, -0.2) is 4.79 Å². The summed E-state index contributed by atoms with van der Waals surface area (Å²) in [5.74, 6) is 0.252. The molecule has 0 bridgehead atoms. The van der Waals surface area contributed by atoms with E-state index >= 15 is 0 Å². The van der Waals surface area contributed by atoms with Gasteiger partial charge in [0.25, 0.3) is 0 Å². The summed E-state index contributed by atoms with van der Waals surface area (Å²) in [4.78, 5) is 14.6. The lowest BCUT2D eigenvalue weighted by Gasteiger charge is -2.12. The van der Waals surface area contributed by atoms with Crippen LogP contribution in [0.25, 0.3) is 6.08 Å². The third kappa shape index (κ3) is 4.07. The van der Waals surface area contributed by atoms with Crippen molar-refractivity contribution in [1.29, 1.82) is 0 Å². The average Bonchev–Trinajstić information content (AvgIpc) is 2.41. The number of carbonyl (C=O) groups is 1. The molecule has 0 aliphatic carbocycles. The number of carboxylic acid groups (broad SMARTS) is 1. The van der Waals surface area contributed by atoms with Crippen molar-refractivity contribution >= 4 is 23.6 Å². The van der Waals surface area contributed by atoms with E-state index in [9.17, 15) is 4.79 Å². The maximum absolute atomic E-state index is 10.5. The van der Waals surface area contributed by atoms with Gasteiger partial charge in [-0.2, -0.15) is 0 Å². The molecule has 0 fully saturated rings. The first-order valence-electron chi connectivity index (χ1n) is 6.26. The molecule has 0 saturated heterocycles. The van der Waals surface area contributed by atoms with E-state index in [4.69, 9.17) is 21.4 Å². The SMILES string of the molecule is Cc1cc(Cl)cc(C)c1Oc1cncc(/C=C/C(=O)O)c1. The molecule has 0 aliphatic heterocycles. The van der Waals surface area contributed by atoms with Crippen LogP contribution in [-0.2, 0) is 4.79 Å². The van der Waals surface area contributed by atoms with Crippen molar-refractivity contribution < 1.29 is 14.6 Å². The summed E-state index contributed by atoms with van der Waals surface area (Å²) in [6.07, 6.45) is 5.66. The highest BCUT2D eigenvalue weighted by molar-refractivity contribution is 6.30. The van der Waals surface area contributed by atoms with Crippen molar-refractivity contribution in [1.82, 2.24) is 4.98 Å². The number of aromatic nitrogens is 1. The lowest BCUT2D eigenvalue weighted by atomic mass is 10.1. The number of hydrogen-bond acceptors (Lipinski definition) is 3. The van der Waals surface area contributed by atoms with Crippen molar-refractivity contribution in [2.75, 3.05) is 0 Å². The second-order valence-electron chi connectivity index (χ2n) is 4.60. The smallest absolute Gasteiger partial charge is 0.328 e. The van der Waals surface area contributed by atoms with Gasteiger partial charge in [-0.1, -0.05) is 11.6 Å². The van der Waals surface area contributed by atoms with Gasteiger partial charge in [0.2, 0.25) is 0 Å². The summed E-state index contributed by atoms with van der Waals surface area (Å²) in [7, 11) is 0. The van der Waals surface area contributed by atoms with Crippen molar-refractivity contribution in [3.63, 3.8) is 0 Å². The van der Waals surface area contributed by atoms with Crippen molar-refractivity contribution in [2.45, 2.75) is 13.8 Å². The van der Waals surface area contributed by atoms with Crippen LogP contribution in [0.1, 0.15) is 16.7 Å². The Morgan fingerprint density at radius 3 is 2.52 bits per heavy atom. The number of hydrogen-bond donors (Lipinski definition) is 1. The van der Waals surface area contributed by atoms with Crippen LogP contribution in [0.4, 0.5) is 0 Å². The molecule has 2 aromatic rings. The van der Waals surface area contributed by atoms with Crippen LogP contribution in [0.15, 0.2) is 36.7 Å². The zero-order valence-corrected chi connectivity index (χ0v) is 12.4. The van der Waals surface area contributed by atoms with E-state index in [0.29, 0.717) is 16.3 Å². The van der Waals surface area contributed by atoms with Gasteiger partial charge >= 0.3 is 5.97 Å². The molecule has 21 heavy (non-hydrogen) atoms. The van der Waals surface area contributed by atoms with Crippen LogP contribution < -0.4 is 4.74 Å². The number of aryl methyl sites for hydroxylation is 2. The Kier molecular flexibility index (Phi) is 4.60. The molecule has 1 heterocycles. The predicted octanol–water partition coefficient (Wildman–Crippen LogP) is 4.24. The van der Waals surface area contributed by atoms with Gasteiger partial charge in [0.15, 0.2) is 0 Å². The molecule has 0 unspecified atom stereocenters. The van der Waals surface area contributed by atoms with E-state index in [1.165, 1.54) is 6.08 Å². The first-order chi connectivity index (χ1) is 9.95. The van der Waals surface area contributed by atoms with Gasteiger partial charge in [-0.3, -0.25) is 4.98 Å². The number of benzene rings is 1. The van der Waals surface area contributed by atoms with Crippen LogP contribution in [0.2, 0.25) is 5.02 Å². The second kappa shape index (κ2) is 6.41. The minimum atomic E-state index is -1.01. The van der Waals surface area contributed by atoms with E-state index in [1.54, 1.807) is 18.5 Å². The van der Waals surface area contributed by atoms with E-state index in [2.05, 4.69) is 4.98 Å². The fourth-order valence-electron chi connectivity index (χ4n) is 1.93. The van der Waals surface area contributed by atoms with E-state index in [-0.39, 0.29) is 0 Å². The summed E-state index contributed by atoms with van der Waals surface area (Å²) in [5, 5.41) is 9.29. The molecule has 1 N–H and O–H groups in total. The van der Waals surface area contributed by atoms with Gasteiger partial charge in [0.1, 0.15) is 11.5 Å². The number of aliphatic carboxylic acids is 1. The van der Waals surface area contributed by atoms with Crippen molar-refractivity contribution in [3.8, 4) is 11.5 Å². The summed E-state index contributed by atoms with van der Waals surface area (Å²) >= 11 is 5.99. The molecule has 4 nitrogen and oxygen atoms in total. The summed E-state index contributed by atoms with van der Waals surface area (Å²) in [5.41, 5.74) is 2.50. The standard InChI is InChI=1S/C16H14ClNO3/c1-10-5-13(17)6-11(2)16(10)21-14-7-12(8-18-9-14)3-4-15(19)20/h3-9H,1-2H3,(H,19,20)/b4-3+. The number of carboxylic acids is 1. The first kappa shape index (κ1) is 15.1. The Balaban J connectivity index is 2.28. The fraction of sp³-hybridized carbons (Fsp3) is 0.125. The Hall–Kier alpha value is -2.33. The van der Waals surface area contributed by atoms with Gasteiger partial charge in [-0.05, 0) is 54.8 Å². The third-order valence-corrected chi connectivity index (χ3v) is 3.02. The van der Waals surface area contributed by atoms with Crippen LogP contribution in [-0.4, -0.2) is 16.1 Å². The lowest BCUT2D eigenvalue weighted by Crippen LogP contribution is -1.93. The topological polar surface area (TPSA) is 59.4 Å². The van der Waals surface area contributed by atoms with Crippen LogP contribution >= 0.6 is 11.6 Å². The summed E-state index contributed by atoms with van der Waals surface area (Å²) < 4.78 is 5.84. The molecule has 1 aromatic heterocycles. The molecule has 108 valence electrons. The van der Waals surface area contributed by atoms with Gasteiger partial charge in [0, 0.05) is 17.3 Å². The summed E-state index contributed by atoms with van der Waals surface area (Å²) in [6.45, 7) is 3.83. The number of pyridine rings is 1. The Morgan fingerprint density at radius 1 is 1.24 bits per heavy atom. The van der Waals surface area contributed by atoms with Crippen molar-refractivity contribution in [2.24, 2.45) is 0 Å². The van der Waals surface area contributed by atoms with Gasteiger partial charge < -0.3 is 9.84 Å². The number of halogens is 1. The van der Waals surface area contributed by atoms with Crippen molar-refractivity contribution in [3.05, 3.63) is 58.4 Å². The Morgan fingerprint density at radius 2 is 1.90 bits per heavy atom. The molecule has 5 heteroatoms. The normalized spacial score (nSPS) is 10.8. The zero-order chi connectivity index (χ0) is 15.4. The number of ether oxygens (including phenoxy) is 1. The zero-order valence-electron chi connectivity index (χ0n) is 11.6. The van der Waals surface area contributed by atoms with Gasteiger partial charge in [0.05, 0.1) is 6.20 Å². The fourth-order valence-corrected chi connectivity index (χ4v) is 2.25. The third-order valence-electron chi connectivity index (χ3n) is 2.80.